The lowest BCUT2D eigenvalue weighted by molar-refractivity contribution is -0.169. The highest BCUT2D eigenvalue weighted by Crippen LogP contribution is 2.35. The molecule has 4 heteroatoms. The molecule has 3 aromatic rings. The van der Waals surface area contributed by atoms with E-state index < -0.39 is 11.9 Å². The first-order valence-electron chi connectivity index (χ1n) is 6.67. The van der Waals surface area contributed by atoms with Gasteiger partial charge in [-0.1, -0.05) is 36.9 Å². The van der Waals surface area contributed by atoms with Crippen molar-refractivity contribution in [2.45, 2.75) is 13.0 Å². The minimum atomic E-state index is -0.501. The second kappa shape index (κ2) is 5.31. The van der Waals surface area contributed by atoms with Gasteiger partial charge in [0.2, 0.25) is 0 Å². The van der Waals surface area contributed by atoms with Crippen LogP contribution in [-0.2, 0) is 4.79 Å². The Balaban J connectivity index is 2.07. The molecule has 0 aliphatic carbocycles. The normalized spacial score (nSPS) is 12.5. The fraction of sp³-hybridized carbons (Fsp3) is 0.118. The van der Waals surface area contributed by atoms with Gasteiger partial charge >= 0.3 is 0 Å². The van der Waals surface area contributed by atoms with E-state index in [9.17, 15) is 10.0 Å². The zero-order chi connectivity index (χ0) is 15.0. The Bertz CT molecular complexity index is 837. The number of thiophene rings is 1. The molecule has 0 saturated carbocycles. The number of nitrogens with zero attached hydrogens (tertiary/aromatic N) is 1. The van der Waals surface area contributed by atoms with Crippen LogP contribution in [0.1, 0.15) is 18.5 Å². The van der Waals surface area contributed by atoms with E-state index in [2.05, 4.69) is 18.7 Å². The van der Waals surface area contributed by atoms with Crippen LogP contribution >= 0.6 is 11.3 Å². The Morgan fingerprint density at radius 1 is 1.24 bits per heavy atom. The minimum absolute atomic E-state index is 0.412. The third kappa shape index (κ3) is 2.33. The summed E-state index contributed by atoms with van der Waals surface area (Å²) in [6.45, 7) is 5.17. The smallest absolute Gasteiger partial charge is 0.269 e. The highest BCUT2D eigenvalue weighted by atomic mass is 32.1. The van der Waals surface area contributed by atoms with Gasteiger partial charge in [0.15, 0.2) is 0 Å². The molecule has 2 aromatic carbocycles. The SMILES string of the molecule is C=CC(=O)N(O)C(C)c1ccc2c(c1)sc1ccccc12. The van der Waals surface area contributed by atoms with E-state index in [0.717, 1.165) is 16.3 Å². The molecular formula is C17H15NO2S. The van der Waals surface area contributed by atoms with Crippen LogP contribution in [0.25, 0.3) is 20.2 Å². The second-order valence-corrected chi connectivity index (χ2v) is 6.00. The monoisotopic (exact) mass is 297 g/mol. The summed E-state index contributed by atoms with van der Waals surface area (Å²) in [6, 6.07) is 13.9. The molecule has 1 N–H and O–H groups in total. The minimum Gasteiger partial charge on any atom is -0.285 e. The first kappa shape index (κ1) is 13.8. The molecule has 0 aliphatic heterocycles. The molecule has 3 nitrogen and oxygen atoms in total. The largest absolute Gasteiger partial charge is 0.285 e. The lowest BCUT2D eigenvalue weighted by Gasteiger charge is -2.21. The molecule has 0 aliphatic rings. The number of hydrogen-bond acceptors (Lipinski definition) is 3. The summed E-state index contributed by atoms with van der Waals surface area (Å²) in [6.07, 6.45) is 1.11. The van der Waals surface area contributed by atoms with Gasteiger partial charge in [-0.2, -0.15) is 0 Å². The number of carbonyl (C=O) groups excluding carboxylic acids is 1. The molecule has 0 radical (unpaired) electrons. The molecule has 1 atom stereocenters. The number of hydroxylamine groups is 2. The van der Waals surface area contributed by atoms with Crippen molar-refractivity contribution in [2.75, 3.05) is 0 Å². The van der Waals surface area contributed by atoms with Crippen molar-refractivity contribution in [3.63, 3.8) is 0 Å². The van der Waals surface area contributed by atoms with Crippen LogP contribution in [-0.4, -0.2) is 16.2 Å². The summed E-state index contributed by atoms with van der Waals surface area (Å²) in [7, 11) is 0. The molecule has 0 fully saturated rings. The summed E-state index contributed by atoms with van der Waals surface area (Å²) in [5, 5.41) is 13.0. The quantitative estimate of drug-likeness (QED) is 0.438. The second-order valence-electron chi connectivity index (χ2n) is 4.92. The van der Waals surface area contributed by atoms with Gasteiger partial charge in [0.1, 0.15) is 0 Å². The molecule has 0 spiro atoms. The zero-order valence-corrected chi connectivity index (χ0v) is 12.4. The van der Waals surface area contributed by atoms with Gasteiger partial charge in [0, 0.05) is 20.2 Å². The Hall–Kier alpha value is -2.17. The first-order chi connectivity index (χ1) is 10.1. The predicted octanol–water partition coefficient (Wildman–Crippen LogP) is 4.52. The Kier molecular flexibility index (Phi) is 3.49. The summed E-state index contributed by atoms with van der Waals surface area (Å²) in [5.41, 5.74) is 0.895. The number of rotatable bonds is 3. The molecular weight excluding hydrogens is 282 g/mol. The van der Waals surface area contributed by atoms with Gasteiger partial charge in [-0.15, -0.1) is 11.3 Å². The number of carbonyl (C=O) groups is 1. The fourth-order valence-corrected chi connectivity index (χ4v) is 3.58. The summed E-state index contributed by atoms with van der Waals surface area (Å²) in [5.74, 6) is -0.501. The number of fused-ring (bicyclic) bond motifs is 3. The van der Waals surface area contributed by atoms with Crippen LogP contribution < -0.4 is 0 Å². The van der Waals surface area contributed by atoms with Crippen molar-refractivity contribution in [3.8, 4) is 0 Å². The Morgan fingerprint density at radius 2 is 1.95 bits per heavy atom. The van der Waals surface area contributed by atoms with Gasteiger partial charge in [-0.05, 0) is 30.7 Å². The van der Waals surface area contributed by atoms with Crippen LogP contribution in [0.2, 0.25) is 0 Å². The van der Waals surface area contributed by atoms with E-state index in [1.807, 2.05) is 30.3 Å². The molecule has 3 rings (SSSR count). The molecule has 1 aromatic heterocycles. The molecule has 1 unspecified atom stereocenters. The Labute approximate surface area is 126 Å². The van der Waals surface area contributed by atoms with Crippen LogP contribution in [0.3, 0.4) is 0 Å². The van der Waals surface area contributed by atoms with E-state index in [1.54, 1.807) is 18.3 Å². The molecule has 0 bridgehead atoms. The van der Waals surface area contributed by atoms with E-state index in [0.29, 0.717) is 5.06 Å². The lowest BCUT2D eigenvalue weighted by atomic mass is 10.1. The summed E-state index contributed by atoms with van der Waals surface area (Å²) < 4.78 is 2.39. The van der Waals surface area contributed by atoms with Crippen molar-refractivity contribution in [3.05, 3.63) is 60.7 Å². The summed E-state index contributed by atoms with van der Waals surface area (Å²) in [4.78, 5) is 11.5. The average molecular weight is 297 g/mol. The van der Waals surface area contributed by atoms with Crippen molar-refractivity contribution >= 4 is 37.4 Å². The highest BCUT2D eigenvalue weighted by Gasteiger charge is 2.18. The molecule has 106 valence electrons. The van der Waals surface area contributed by atoms with Gasteiger partial charge in [0.25, 0.3) is 5.91 Å². The topological polar surface area (TPSA) is 40.5 Å². The van der Waals surface area contributed by atoms with Crippen LogP contribution in [0.4, 0.5) is 0 Å². The van der Waals surface area contributed by atoms with Gasteiger partial charge in [-0.3, -0.25) is 10.0 Å². The van der Waals surface area contributed by atoms with Gasteiger partial charge in [0.05, 0.1) is 6.04 Å². The van der Waals surface area contributed by atoms with Crippen molar-refractivity contribution in [1.29, 1.82) is 0 Å². The van der Waals surface area contributed by atoms with Crippen LogP contribution in [0.5, 0.6) is 0 Å². The first-order valence-corrected chi connectivity index (χ1v) is 7.49. The summed E-state index contributed by atoms with van der Waals surface area (Å²) >= 11 is 1.71. The number of benzene rings is 2. The van der Waals surface area contributed by atoms with Gasteiger partial charge in [-0.25, -0.2) is 5.06 Å². The highest BCUT2D eigenvalue weighted by molar-refractivity contribution is 7.25. The average Bonchev–Trinajstić information content (AvgIpc) is 2.90. The maximum atomic E-state index is 11.5. The van der Waals surface area contributed by atoms with Crippen LogP contribution in [0.15, 0.2) is 55.1 Å². The molecule has 1 heterocycles. The van der Waals surface area contributed by atoms with E-state index in [1.165, 1.54) is 15.5 Å². The van der Waals surface area contributed by atoms with Crippen molar-refractivity contribution in [1.82, 2.24) is 5.06 Å². The van der Waals surface area contributed by atoms with E-state index >= 15 is 0 Å². The Morgan fingerprint density at radius 3 is 2.71 bits per heavy atom. The zero-order valence-electron chi connectivity index (χ0n) is 11.6. The van der Waals surface area contributed by atoms with Gasteiger partial charge < -0.3 is 0 Å². The third-order valence-corrected chi connectivity index (χ3v) is 4.79. The third-order valence-electron chi connectivity index (χ3n) is 3.65. The van der Waals surface area contributed by atoms with Crippen molar-refractivity contribution in [2.24, 2.45) is 0 Å². The molecule has 0 saturated heterocycles. The van der Waals surface area contributed by atoms with E-state index in [-0.39, 0.29) is 0 Å². The number of hydrogen-bond donors (Lipinski definition) is 1. The molecule has 21 heavy (non-hydrogen) atoms. The predicted molar refractivity (Wildman–Crippen MR) is 86.6 cm³/mol. The standard InChI is InChI=1S/C17H15NO2S/c1-3-17(19)18(20)11(2)12-8-9-14-13-6-4-5-7-15(13)21-16(14)10-12/h3-11,20H,1H2,2H3. The maximum absolute atomic E-state index is 11.5. The molecule has 1 amide bonds. The fourth-order valence-electron chi connectivity index (χ4n) is 2.43. The number of amides is 1. The van der Waals surface area contributed by atoms with Crippen molar-refractivity contribution < 1.29 is 10.0 Å². The maximum Gasteiger partial charge on any atom is 0.269 e. The lowest BCUT2D eigenvalue weighted by Crippen LogP contribution is -2.28. The van der Waals surface area contributed by atoms with Crippen LogP contribution in [0, 0.1) is 0 Å². The van der Waals surface area contributed by atoms with E-state index in [4.69, 9.17) is 0 Å².